The molecule has 0 aliphatic carbocycles. The standard InChI is InChI=1S/C21H22N4O4S/c1-2-17-15(14-5-3-4-6-18(14)29-17)7-8-19(26)23-24-20(27)16-13-30-21(22-16)25-9-11-28-12-10-25/h3-8,13H,2,9-12H2,1H3,(H,23,26)(H,24,27)/b8-7+. The van der Waals surface area contributed by atoms with Gasteiger partial charge < -0.3 is 14.1 Å². The van der Waals surface area contributed by atoms with Crippen molar-refractivity contribution in [2.45, 2.75) is 13.3 Å². The first-order chi connectivity index (χ1) is 14.7. The first kappa shape index (κ1) is 20.1. The third kappa shape index (κ3) is 4.37. The second-order valence-corrected chi connectivity index (χ2v) is 7.52. The molecule has 3 heterocycles. The van der Waals surface area contributed by atoms with Crippen molar-refractivity contribution in [2.24, 2.45) is 0 Å². The van der Waals surface area contributed by atoms with E-state index in [1.165, 1.54) is 17.4 Å². The van der Waals surface area contributed by atoms with Gasteiger partial charge in [-0.3, -0.25) is 20.4 Å². The summed E-state index contributed by atoms with van der Waals surface area (Å²) in [6, 6.07) is 7.68. The monoisotopic (exact) mass is 426 g/mol. The van der Waals surface area contributed by atoms with Crippen molar-refractivity contribution in [3.63, 3.8) is 0 Å². The van der Waals surface area contributed by atoms with E-state index in [1.54, 1.807) is 11.5 Å². The average molecular weight is 426 g/mol. The van der Waals surface area contributed by atoms with Crippen LogP contribution >= 0.6 is 11.3 Å². The van der Waals surface area contributed by atoms with Crippen LogP contribution in [0.25, 0.3) is 17.0 Å². The fraction of sp³-hybridized carbons (Fsp3) is 0.286. The van der Waals surface area contributed by atoms with Crippen LogP contribution in [0.1, 0.15) is 28.7 Å². The van der Waals surface area contributed by atoms with Crippen LogP contribution in [0.4, 0.5) is 5.13 Å². The molecule has 2 amide bonds. The molecule has 0 radical (unpaired) electrons. The lowest BCUT2D eigenvalue weighted by Crippen LogP contribution is -2.41. The number of hydrogen-bond donors (Lipinski definition) is 2. The van der Waals surface area contributed by atoms with Crippen LogP contribution in [0.3, 0.4) is 0 Å². The zero-order valence-electron chi connectivity index (χ0n) is 16.5. The highest BCUT2D eigenvalue weighted by Gasteiger charge is 2.17. The number of rotatable bonds is 5. The van der Waals surface area contributed by atoms with E-state index in [2.05, 4.69) is 20.7 Å². The van der Waals surface area contributed by atoms with Crippen LogP contribution in [-0.2, 0) is 16.0 Å². The molecule has 0 spiro atoms. The Bertz CT molecular complexity index is 1080. The van der Waals surface area contributed by atoms with E-state index in [9.17, 15) is 9.59 Å². The Balaban J connectivity index is 1.36. The maximum Gasteiger partial charge on any atom is 0.289 e. The molecule has 3 aromatic rings. The van der Waals surface area contributed by atoms with Crippen LogP contribution in [0.15, 0.2) is 40.1 Å². The summed E-state index contributed by atoms with van der Waals surface area (Å²) >= 11 is 1.39. The predicted octanol–water partition coefficient (Wildman–Crippen LogP) is 2.76. The van der Waals surface area contributed by atoms with Crippen LogP contribution in [0.2, 0.25) is 0 Å². The van der Waals surface area contributed by atoms with E-state index in [0.29, 0.717) is 19.6 Å². The normalized spacial score (nSPS) is 14.4. The summed E-state index contributed by atoms with van der Waals surface area (Å²) < 4.78 is 11.1. The van der Waals surface area contributed by atoms with Crippen molar-refractivity contribution in [3.05, 3.63) is 52.7 Å². The van der Waals surface area contributed by atoms with Crippen molar-refractivity contribution < 1.29 is 18.7 Å². The maximum absolute atomic E-state index is 12.3. The highest BCUT2D eigenvalue weighted by molar-refractivity contribution is 7.13. The number of benzene rings is 1. The molecule has 8 nitrogen and oxygen atoms in total. The van der Waals surface area contributed by atoms with Crippen molar-refractivity contribution in [1.82, 2.24) is 15.8 Å². The number of nitrogens with zero attached hydrogens (tertiary/aromatic N) is 2. The molecule has 30 heavy (non-hydrogen) atoms. The molecular formula is C21H22N4O4S. The highest BCUT2D eigenvalue weighted by atomic mass is 32.1. The second-order valence-electron chi connectivity index (χ2n) is 6.68. The Hall–Kier alpha value is -3.17. The first-order valence-corrected chi connectivity index (χ1v) is 10.6. The zero-order valence-corrected chi connectivity index (χ0v) is 17.3. The van der Waals surface area contributed by atoms with E-state index >= 15 is 0 Å². The lowest BCUT2D eigenvalue weighted by Gasteiger charge is -2.25. The van der Waals surface area contributed by atoms with Gasteiger partial charge in [-0.05, 0) is 12.1 Å². The number of aromatic nitrogens is 1. The van der Waals surface area contributed by atoms with Crippen molar-refractivity contribution in [2.75, 3.05) is 31.2 Å². The van der Waals surface area contributed by atoms with E-state index in [0.717, 1.165) is 40.5 Å². The molecule has 0 bridgehead atoms. The number of ether oxygens (including phenoxy) is 1. The summed E-state index contributed by atoms with van der Waals surface area (Å²) in [5.74, 6) is -0.0998. The molecule has 156 valence electrons. The Morgan fingerprint density at radius 1 is 1.23 bits per heavy atom. The number of amides is 2. The van der Waals surface area contributed by atoms with E-state index < -0.39 is 11.8 Å². The Morgan fingerprint density at radius 3 is 2.83 bits per heavy atom. The minimum atomic E-state index is -0.462. The minimum Gasteiger partial charge on any atom is -0.460 e. The number of aryl methyl sites for hydroxylation is 1. The van der Waals surface area contributed by atoms with Crippen molar-refractivity contribution in [3.8, 4) is 0 Å². The van der Waals surface area contributed by atoms with Gasteiger partial charge in [0.25, 0.3) is 11.8 Å². The first-order valence-electron chi connectivity index (χ1n) is 9.72. The molecule has 1 saturated heterocycles. The quantitative estimate of drug-likeness (QED) is 0.481. The Kier molecular flexibility index (Phi) is 6.10. The molecule has 4 rings (SSSR count). The van der Waals surface area contributed by atoms with Gasteiger partial charge in [0.2, 0.25) is 0 Å². The number of nitrogens with one attached hydrogen (secondary N) is 2. The highest BCUT2D eigenvalue weighted by Crippen LogP contribution is 2.27. The van der Waals surface area contributed by atoms with Crippen LogP contribution in [0.5, 0.6) is 0 Å². The number of para-hydroxylation sites is 1. The number of furan rings is 1. The van der Waals surface area contributed by atoms with Crippen molar-refractivity contribution in [1.29, 1.82) is 0 Å². The number of hydrogen-bond acceptors (Lipinski definition) is 7. The predicted molar refractivity (Wildman–Crippen MR) is 115 cm³/mol. The van der Waals surface area contributed by atoms with E-state index in [4.69, 9.17) is 9.15 Å². The second kappa shape index (κ2) is 9.10. The number of carbonyl (C=O) groups excluding carboxylic acids is 2. The SMILES string of the molecule is CCc1oc2ccccc2c1/C=C/C(=O)NNC(=O)c1csc(N2CCOCC2)n1. The molecule has 2 N–H and O–H groups in total. The van der Waals surface area contributed by atoms with Crippen LogP contribution in [-0.4, -0.2) is 43.1 Å². The smallest absolute Gasteiger partial charge is 0.289 e. The summed E-state index contributed by atoms with van der Waals surface area (Å²) in [4.78, 5) is 30.9. The summed E-state index contributed by atoms with van der Waals surface area (Å²) in [6.07, 6.45) is 3.78. The summed E-state index contributed by atoms with van der Waals surface area (Å²) in [5, 5.41) is 3.39. The van der Waals surface area contributed by atoms with Gasteiger partial charge in [-0.15, -0.1) is 11.3 Å². The topological polar surface area (TPSA) is 96.7 Å². The van der Waals surface area contributed by atoms with E-state index in [-0.39, 0.29) is 5.69 Å². The van der Waals surface area contributed by atoms with Gasteiger partial charge in [0.05, 0.1) is 13.2 Å². The molecule has 0 saturated carbocycles. The molecule has 0 unspecified atom stereocenters. The summed E-state index contributed by atoms with van der Waals surface area (Å²) in [5.41, 5.74) is 6.70. The molecule has 1 aliphatic rings. The fourth-order valence-electron chi connectivity index (χ4n) is 3.21. The molecule has 0 atom stereocenters. The number of thiazole rings is 1. The number of anilines is 1. The lowest BCUT2D eigenvalue weighted by molar-refractivity contribution is -0.117. The zero-order chi connectivity index (χ0) is 20.9. The Morgan fingerprint density at radius 2 is 2.03 bits per heavy atom. The minimum absolute atomic E-state index is 0.264. The van der Waals surface area contributed by atoms with E-state index in [1.807, 2.05) is 31.2 Å². The molecule has 1 aliphatic heterocycles. The van der Waals surface area contributed by atoms with Gasteiger partial charge in [-0.1, -0.05) is 25.1 Å². The fourth-order valence-corrected chi connectivity index (χ4v) is 4.07. The number of morpholine rings is 1. The molecule has 9 heteroatoms. The third-order valence-electron chi connectivity index (χ3n) is 4.74. The van der Waals surface area contributed by atoms with Crippen molar-refractivity contribution >= 4 is 45.3 Å². The van der Waals surface area contributed by atoms with Gasteiger partial charge in [0.15, 0.2) is 5.13 Å². The van der Waals surface area contributed by atoms with Crippen LogP contribution < -0.4 is 15.8 Å². The average Bonchev–Trinajstić information content (AvgIpc) is 3.41. The van der Waals surface area contributed by atoms with Gasteiger partial charge in [0, 0.05) is 41.9 Å². The maximum atomic E-state index is 12.3. The molecular weight excluding hydrogens is 404 g/mol. The molecule has 1 fully saturated rings. The third-order valence-corrected chi connectivity index (χ3v) is 5.64. The number of fused-ring (bicyclic) bond motifs is 1. The number of hydrazine groups is 1. The van der Waals surface area contributed by atoms with Gasteiger partial charge in [0.1, 0.15) is 17.0 Å². The Labute approximate surface area is 177 Å². The van der Waals surface area contributed by atoms with Crippen LogP contribution in [0, 0.1) is 0 Å². The largest absolute Gasteiger partial charge is 0.460 e. The number of carbonyl (C=O) groups is 2. The summed E-state index contributed by atoms with van der Waals surface area (Å²) in [6.45, 7) is 4.79. The molecule has 2 aromatic heterocycles. The van der Waals surface area contributed by atoms with Gasteiger partial charge in [-0.2, -0.15) is 0 Å². The van der Waals surface area contributed by atoms with Gasteiger partial charge >= 0.3 is 0 Å². The summed E-state index contributed by atoms with van der Waals surface area (Å²) in [7, 11) is 0. The lowest BCUT2D eigenvalue weighted by atomic mass is 10.1. The van der Waals surface area contributed by atoms with Gasteiger partial charge in [-0.25, -0.2) is 4.98 Å². The molecule has 1 aromatic carbocycles.